The van der Waals surface area contributed by atoms with Gasteiger partial charge in [0.2, 0.25) is 10.0 Å². The summed E-state index contributed by atoms with van der Waals surface area (Å²) in [6, 6.07) is 3.64. The molecule has 6 nitrogen and oxygen atoms in total. The minimum absolute atomic E-state index is 0.0221. The predicted octanol–water partition coefficient (Wildman–Crippen LogP) is 0.727. The molecular formula is C11H15FN2O4S2. The second-order valence-electron chi connectivity index (χ2n) is 4.74. The average molecular weight is 322 g/mol. The van der Waals surface area contributed by atoms with Gasteiger partial charge in [-0.1, -0.05) is 0 Å². The van der Waals surface area contributed by atoms with E-state index < -0.39 is 30.9 Å². The monoisotopic (exact) mass is 322 g/mol. The lowest BCUT2D eigenvalue weighted by molar-refractivity contribution is 0.555. The lowest BCUT2D eigenvalue weighted by Gasteiger charge is -2.22. The Bertz CT molecular complexity index is 702. The molecule has 1 fully saturated rings. The summed E-state index contributed by atoms with van der Waals surface area (Å²) in [7, 11) is -6.96. The number of hydrogen-bond donors (Lipinski definition) is 2. The maximum absolute atomic E-state index is 13.6. The van der Waals surface area contributed by atoms with Crippen molar-refractivity contribution in [2.45, 2.75) is 18.1 Å². The number of hydrogen-bond acceptors (Lipinski definition) is 5. The Morgan fingerprint density at radius 3 is 2.40 bits per heavy atom. The number of halogens is 1. The molecule has 20 heavy (non-hydrogen) atoms. The van der Waals surface area contributed by atoms with Gasteiger partial charge in [-0.15, -0.1) is 0 Å². The van der Waals surface area contributed by atoms with Crippen molar-refractivity contribution < 1.29 is 21.2 Å². The normalized spacial score (nSPS) is 19.6. The minimum atomic E-state index is -3.82. The zero-order chi connectivity index (χ0) is 15.0. The molecule has 0 aromatic heterocycles. The first kappa shape index (κ1) is 15.0. The van der Waals surface area contributed by atoms with E-state index in [1.807, 2.05) is 0 Å². The van der Waals surface area contributed by atoms with Gasteiger partial charge >= 0.3 is 0 Å². The van der Waals surface area contributed by atoms with E-state index in [0.29, 0.717) is 0 Å². The van der Waals surface area contributed by atoms with Crippen LogP contribution in [0.5, 0.6) is 0 Å². The first-order valence-electron chi connectivity index (χ1n) is 5.97. The highest BCUT2D eigenvalue weighted by Gasteiger charge is 2.33. The van der Waals surface area contributed by atoms with Crippen LogP contribution in [0.2, 0.25) is 0 Å². The van der Waals surface area contributed by atoms with Crippen LogP contribution in [0.15, 0.2) is 18.2 Å². The number of nitrogens with one attached hydrogen (secondary N) is 1. The molecule has 1 aliphatic heterocycles. The van der Waals surface area contributed by atoms with Crippen LogP contribution in [0, 0.1) is 5.82 Å². The van der Waals surface area contributed by atoms with Crippen molar-refractivity contribution in [2.75, 3.05) is 22.0 Å². The predicted molar refractivity (Wildman–Crippen MR) is 75.0 cm³/mol. The van der Waals surface area contributed by atoms with Crippen molar-refractivity contribution in [3.63, 3.8) is 0 Å². The molecule has 0 amide bonds. The van der Waals surface area contributed by atoms with E-state index in [1.165, 1.54) is 12.1 Å². The molecule has 0 saturated carbocycles. The first-order valence-corrected chi connectivity index (χ1v) is 9.33. The smallest absolute Gasteiger partial charge is 0.235 e. The van der Waals surface area contributed by atoms with Crippen LogP contribution in [0.1, 0.15) is 12.8 Å². The van der Waals surface area contributed by atoms with Gasteiger partial charge in [-0.25, -0.2) is 21.2 Å². The van der Waals surface area contributed by atoms with E-state index in [4.69, 9.17) is 5.73 Å². The Morgan fingerprint density at radius 1 is 1.25 bits per heavy atom. The van der Waals surface area contributed by atoms with Gasteiger partial charge in [0.25, 0.3) is 0 Å². The van der Waals surface area contributed by atoms with Crippen molar-refractivity contribution in [3.8, 4) is 0 Å². The highest BCUT2D eigenvalue weighted by atomic mass is 32.2. The summed E-state index contributed by atoms with van der Waals surface area (Å²) < 4.78 is 62.5. The van der Waals surface area contributed by atoms with Crippen LogP contribution < -0.4 is 10.5 Å². The van der Waals surface area contributed by atoms with Crippen molar-refractivity contribution in [2.24, 2.45) is 0 Å². The molecule has 1 heterocycles. The van der Waals surface area contributed by atoms with Crippen LogP contribution in [-0.2, 0) is 19.9 Å². The Kier molecular flexibility index (Phi) is 3.92. The lowest BCUT2D eigenvalue weighted by Crippen LogP contribution is -2.36. The van der Waals surface area contributed by atoms with E-state index in [-0.39, 0.29) is 35.7 Å². The minimum Gasteiger partial charge on any atom is -0.399 e. The van der Waals surface area contributed by atoms with Gasteiger partial charge in [-0.2, -0.15) is 0 Å². The topological polar surface area (TPSA) is 106 Å². The molecule has 1 aromatic rings. The van der Waals surface area contributed by atoms with Crippen LogP contribution >= 0.6 is 0 Å². The molecule has 0 atom stereocenters. The summed E-state index contributed by atoms with van der Waals surface area (Å²) in [5.41, 5.74) is 5.38. The van der Waals surface area contributed by atoms with Gasteiger partial charge in [0.1, 0.15) is 15.7 Å². The van der Waals surface area contributed by atoms with E-state index >= 15 is 0 Å². The average Bonchev–Trinajstić information content (AvgIpc) is 2.32. The number of anilines is 2. The van der Waals surface area contributed by atoms with Crippen LogP contribution in [0.4, 0.5) is 15.8 Å². The molecule has 2 rings (SSSR count). The van der Waals surface area contributed by atoms with Gasteiger partial charge < -0.3 is 5.73 Å². The number of nitrogens with two attached hydrogens (primary N) is 1. The van der Waals surface area contributed by atoms with Gasteiger partial charge in [-0.3, -0.25) is 4.72 Å². The van der Waals surface area contributed by atoms with Crippen molar-refractivity contribution in [3.05, 3.63) is 24.0 Å². The fourth-order valence-corrected chi connectivity index (χ4v) is 5.31. The summed E-state index contributed by atoms with van der Waals surface area (Å²) in [6.07, 6.45) is 0.0442. The first-order chi connectivity index (χ1) is 9.20. The Labute approximate surface area is 117 Å². The molecule has 0 radical (unpaired) electrons. The van der Waals surface area contributed by atoms with E-state index in [1.54, 1.807) is 0 Å². The second-order valence-corrected chi connectivity index (χ2v) is 9.00. The van der Waals surface area contributed by atoms with Crippen molar-refractivity contribution >= 4 is 31.2 Å². The summed E-state index contributed by atoms with van der Waals surface area (Å²) in [6.45, 7) is 0. The zero-order valence-corrected chi connectivity index (χ0v) is 12.2. The quantitative estimate of drug-likeness (QED) is 0.798. The van der Waals surface area contributed by atoms with Crippen LogP contribution in [-0.4, -0.2) is 33.6 Å². The Hall–Kier alpha value is -1.35. The summed E-state index contributed by atoms with van der Waals surface area (Å²) in [5, 5.41) is -0.831. The standard InChI is InChI=1S/C11H15FN2O4S2/c12-10-7-8(13)1-2-11(10)14-20(17,18)9-3-5-19(15,16)6-4-9/h1-2,7,9,14H,3-6,13H2. The van der Waals surface area contributed by atoms with E-state index in [2.05, 4.69) is 4.72 Å². The van der Waals surface area contributed by atoms with E-state index in [9.17, 15) is 21.2 Å². The fraction of sp³-hybridized carbons (Fsp3) is 0.455. The highest BCUT2D eigenvalue weighted by Crippen LogP contribution is 2.24. The molecule has 9 heteroatoms. The zero-order valence-electron chi connectivity index (χ0n) is 10.5. The number of rotatable bonds is 3. The van der Waals surface area contributed by atoms with Crippen molar-refractivity contribution in [1.29, 1.82) is 0 Å². The lowest BCUT2D eigenvalue weighted by atomic mass is 10.2. The number of sulfone groups is 1. The largest absolute Gasteiger partial charge is 0.399 e. The Morgan fingerprint density at radius 2 is 1.85 bits per heavy atom. The van der Waals surface area contributed by atoms with Crippen molar-refractivity contribution in [1.82, 2.24) is 0 Å². The molecular weight excluding hydrogens is 307 g/mol. The van der Waals surface area contributed by atoms with Crippen LogP contribution in [0.3, 0.4) is 0 Å². The maximum atomic E-state index is 13.6. The molecule has 0 unspecified atom stereocenters. The van der Waals surface area contributed by atoms with Gasteiger partial charge in [0.15, 0.2) is 0 Å². The molecule has 0 bridgehead atoms. The fourth-order valence-electron chi connectivity index (χ4n) is 2.03. The number of nitrogen functional groups attached to an aromatic ring is 1. The molecule has 1 aliphatic rings. The summed E-state index contributed by atoms with van der Waals surface area (Å²) in [5.74, 6) is -1.09. The number of sulfonamides is 1. The highest BCUT2D eigenvalue weighted by molar-refractivity contribution is 7.94. The molecule has 0 aliphatic carbocycles. The Balaban J connectivity index is 2.16. The SMILES string of the molecule is Nc1ccc(NS(=O)(=O)C2CCS(=O)(=O)CC2)c(F)c1. The summed E-state index contributed by atoms with van der Waals surface area (Å²) in [4.78, 5) is 0. The molecule has 0 spiro atoms. The molecule has 3 N–H and O–H groups in total. The molecule has 1 saturated heterocycles. The summed E-state index contributed by atoms with van der Waals surface area (Å²) >= 11 is 0. The molecule has 112 valence electrons. The molecule has 1 aromatic carbocycles. The van der Waals surface area contributed by atoms with Gasteiger partial charge in [0.05, 0.1) is 22.4 Å². The number of benzene rings is 1. The van der Waals surface area contributed by atoms with E-state index in [0.717, 1.165) is 6.07 Å². The van der Waals surface area contributed by atoms with Gasteiger partial charge in [0, 0.05) is 5.69 Å². The second kappa shape index (κ2) is 5.21. The third-order valence-corrected chi connectivity index (χ3v) is 6.75. The maximum Gasteiger partial charge on any atom is 0.235 e. The third kappa shape index (κ3) is 3.40. The third-order valence-electron chi connectivity index (χ3n) is 3.19. The van der Waals surface area contributed by atoms with Crippen LogP contribution in [0.25, 0.3) is 0 Å². The van der Waals surface area contributed by atoms with Gasteiger partial charge in [-0.05, 0) is 31.0 Å².